The molecule has 0 saturated carbocycles. The van der Waals surface area contributed by atoms with Gasteiger partial charge in [-0.2, -0.15) is 0 Å². The monoisotopic (exact) mass is 330 g/mol. The quantitative estimate of drug-likeness (QED) is 0.176. The van der Waals surface area contributed by atoms with Crippen LogP contribution in [0.25, 0.3) is 0 Å². The molecule has 0 fully saturated rings. The van der Waals surface area contributed by atoms with Crippen LogP contribution in [-0.2, 0) is 0 Å². The Hall–Kier alpha value is -0.880. The molecule has 0 aromatic rings. The number of unbranched alkanes of at least 4 members (excludes halogenated alkanes) is 18. The molecule has 0 aromatic carbocycles. The Balaban J connectivity index is 2.99. The molecule has 0 aliphatic heterocycles. The van der Waals surface area contributed by atoms with E-state index < -0.39 is 0 Å². The van der Waals surface area contributed by atoms with Gasteiger partial charge in [0.25, 0.3) is 0 Å². The third-order valence-corrected chi connectivity index (χ3v) is 4.82. The first kappa shape index (κ1) is 23.1. The molecule has 0 radical (unpaired) electrons. The fraction of sp³-hybridized carbons (Fsp3) is 0.833. The molecule has 0 aliphatic carbocycles. The van der Waals surface area contributed by atoms with E-state index in [0.29, 0.717) is 0 Å². The summed E-state index contributed by atoms with van der Waals surface area (Å²) in [7, 11) is 0. The summed E-state index contributed by atoms with van der Waals surface area (Å²) in [5.41, 5.74) is 0. The molecule has 0 spiro atoms. The second-order valence-corrected chi connectivity index (χ2v) is 7.21. The van der Waals surface area contributed by atoms with Crippen molar-refractivity contribution in [3.05, 3.63) is 0 Å². The Morgan fingerprint density at radius 3 is 1.17 bits per heavy atom. The van der Waals surface area contributed by atoms with E-state index >= 15 is 0 Å². The summed E-state index contributed by atoms with van der Waals surface area (Å²) in [5.74, 6) is 8.05. The summed E-state index contributed by atoms with van der Waals surface area (Å²) < 4.78 is 0. The molecule has 0 N–H and O–H groups in total. The Morgan fingerprint density at radius 2 is 0.833 bits per heavy atom. The first-order valence-corrected chi connectivity index (χ1v) is 10.8. The first-order valence-electron chi connectivity index (χ1n) is 10.8. The van der Waals surface area contributed by atoms with Crippen molar-refractivity contribution in [2.45, 2.75) is 129 Å². The van der Waals surface area contributed by atoms with Crippen molar-refractivity contribution in [3.8, 4) is 24.2 Å². The van der Waals surface area contributed by atoms with Crippen LogP contribution < -0.4 is 0 Å². The minimum Gasteiger partial charge on any atom is -0.106 e. The van der Waals surface area contributed by atoms with Crippen molar-refractivity contribution in [2.24, 2.45) is 0 Å². The van der Waals surface area contributed by atoms with Crippen LogP contribution in [0, 0.1) is 24.2 Å². The van der Waals surface area contributed by atoms with E-state index in [1.165, 1.54) is 116 Å². The molecule has 0 unspecified atom stereocenters. The van der Waals surface area contributed by atoms with Gasteiger partial charge in [-0.25, -0.2) is 0 Å². The molecule has 138 valence electrons. The molecule has 24 heavy (non-hydrogen) atoms. The highest BCUT2D eigenvalue weighted by Gasteiger charge is 1.94. The molecule has 0 atom stereocenters. The molecule has 0 rings (SSSR count). The van der Waals surface area contributed by atoms with Crippen LogP contribution in [-0.4, -0.2) is 0 Å². The van der Waals surface area contributed by atoms with Gasteiger partial charge in [0.2, 0.25) is 0 Å². The smallest absolute Gasteiger partial charge is 0.00989 e. The minimum absolute atomic E-state index is 0.975. The summed E-state index contributed by atoms with van der Waals surface area (Å²) >= 11 is 0. The van der Waals surface area contributed by atoms with Crippen molar-refractivity contribution in [3.63, 3.8) is 0 Å². The van der Waals surface area contributed by atoms with Crippen molar-refractivity contribution >= 4 is 0 Å². The van der Waals surface area contributed by atoms with Crippen LogP contribution >= 0.6 is 0 Å². The van der Waals surface area contributed by atoms with Crippen LogP contribution in [0.4, 0.5) is 0 Å². The Bertz CT molecular complexity index is 322. The molecule has 0 heterocycles. The number of hydrogen-bond acceptors (Lipinski definition) is 0. The van der Waals surface area contributed by atoms with Gasteiger partial charge in [-0.05, 0) is 18.3 Å². The lowest BCUT2D eigenvalue weighted by Gasteiger charge is -2.03. The molecule has 0 aromatic heterocycles. The van der Waals surface area contributed by atoms with Gasteiger partial charge in [0.05, 0.1) is 0 Å². The van der Waals surface area contributed by atoms with Crippen molar-refractivity contribution < 1.29 is 0 Å². The van der Waals surface area contributed by atoms with E-state index in [2.05, 4.69) is 24.7 Å². The largest absolute Gasteiger partial charge is 0.106 e. The summed E-state index contributed by atoms with van der Waals surface area (Å²) in [5, 5.41) is 0. The number of terminal acetylenes is 1. The first-order chi connectivity index (χ1) is 11.9. The predicted molar refractivity (Wildman–Crippen MR) is 110 cm³/mol. The van der Waals surface area contributed by atoms with Crippen LogP contribution in [0.3, 0.4) is 0 Å². The van der Waals surface area contributed by atoms with Crippen molar-refractivity contribution in [1.29, 1.82) is 0 Å². The van der Waals surface area contributed by atoms with Gasteiger partial charge in [0, 0.05) is 6.42 Å². The second kappa shape index (κ2) is 22.1. The van der Waals surface area contributed by atoms with Crippen molar-refractivity contribution in [2.75, 3.05) is 0 Å². The molecule has 0 bridgehead atoms. The fourth-order valence-electron chi connectivity index (χ4n) is 3.23. The molecule has 0 heteroatoms. The second-order valence-electron chi connectivity index (χ2n) is 7.21. The lowest BCUT2D eigenvalue weighted by molar-refractivity contribution is 0.525. The average molecular weight is 331 g/mol. The Labute approximate surface area is 153 Å². The fourth-order valence-corrected chi connectivity index (χ4v) is 3.23. The molecular weight excluding hydrogens is 288 g/mol. The molecular formula is C24H42. The van der Waals surface area contributed by atoms with Crippen LogP contribution in [0.5, 0.6) is 0 Å². The average Bonchev–Trinajstić information content (AvgIpc) is 2.60. The van der Waals surface area contributed by atoms with E-state index in [-0.39, 0.29) is 0 Å². The zero-order chi connectivity index (χ0) is 17.6. The predicted octanol–water partition coefficient (Wildman–Crippen LogP) is 8.05. The highest BCUT2D eigenvalue weighted by Crippen LogP contribution is 2.14. The van der Waals surface area contributed by atoms with Gasteiger partial charge >= 0.3 is 0 Å². The highest BCUT2D eigenvalue weighted by atomic mass is 14.0. The Morgan fingerprint density at radius 1 is 0.500 bits per heavy atom. The number of hydrogen-bond donors (Lipinski definition) is 0. The van der Waals surface area contributed by atoms with Gasteiger partial charge in [-0.15, -0.1) is 6.42 Å². The summed E-state index contributed by atoms with van der Waals surface area (Å²) in [6, 6.07) is 0. The molecule has 0 saturated heterocycles. The van der Waals surface area contributed by atoms with E-state index in [1.807, 2.05) is 0 Å². The third-order valence-electron chi connectivity index (χ3n) is 4.82. The zero-order valence-electron chi connectivity index (χ0n) is 16.5. The maximum atomic E-state index is 5.09. The normalized spacial score (nSPS) is 10.2. The van der Waals surface area contributed by atoms with Gasteiger partial charge in [0.1, 0.15) is 0 Å². The summed E-state index contributed by atoms with van der Waals surface area (Å²) in [4.78, 5) is 0. The van der Waals surface area contributed by atoms with Gasteiger partial charge in [-0.3, -0.25) is 0 Å². The molecule has 0 nitrogen and oxygen atoms in total. The molecule has 0 aliphatic rings. The van der Waals surface area contributed by atoms with Crippen LogP contribution in [0.1, 0.15) is 129 Å². The maximum absolute atomic E-state index is 5.09. The number of rotatable bonds is 18. The minimum atomic E-state index is 0.975. The lowest BCUT2D eigenvalue weighted by atomic mass is 10.0. The third kappa shape index (κ3) is 21.1. The zero-order valence-corrected chi connectivity index (χ0v) is 16.5. The van der Waals surface area contributed by atoms with Crippen molar-refractivity contribution in [1.82, 2.24) is 0 Å². The van der Waals surface area contributed by atoms with E-state index in [1.54, 1.807) is 0 Å². The van der Waals surface area contributed by atoms with E-state index in [0.717, 1.165) is 6.42 Å². The van der Waals surface area contributed by atoms with E-state index in [4.69, 9.17) is 6.42 Å². The summed E-state index contributed by atoms with van der Waals surface area (Å²) in [6.45, 7) is 2.29. The Kier molecular flexibility index (Phi) is 21.3. The van der Waals surface area contributed by atoms with Gasteiger partial charge < -0.3 is 0 Å². The molecule has 0 amide bonds. The standard InChI is InChI=1S/C24H42/c1-3-5-7-9-11-13-15-17-19-21-23-24-22-20-18-16-14-12-10-8-6-4-2/h1H,4,6,8-24H2,2H3. The maximum Gasteiger partial charge on any atom is 0.00989 e. The van der Waals surface area contributed by atoms with Gasteiger partial charge in [0.15, 0.2) is 0 Å². The highest BCUT2D eigenvalue weighted by molar-refractivity contribution is 5.21. The summed E-state index contributed by atoms with van der Waals surface area (Å²) in [6.07, 6.45) is 31.7. The van der Waals surface area contributed by atoms with Crippen LogP contribution in [0.15, 0.2) is 0 Å². The SMILES string of the molecule is C#CC#CCCCCCCCCCCCCCCCCCCCC. The lowest BCUT2D eigenvalue weighted by Crippen LogP contribution is -1.84. The van der Waals surface area contributed by atoms with Gasteiger partial charge in [-0.1, -0.05) is 122 Å². The topological polar surface area (TPSA) is 0 Å². The van der Waals surface area contributed by atoms with E-state index in [9.17, 15) is 0 Å². The van der Waals surface area contributed by atoms with Crippen LogP contribution in [0.2, 0.25) is 0 Å².